The van der Waals surface area contributed by atoms with Gasteiger partial charge in [0.15, 0.2) is 0 Å². The summed E-state index contributed by atoms with van der Waals surface area (Å²) in [5.74, 6) is 3.68. The number of ether oxygens (including phenoxy) is 1. The molecular weight excluding hydrogens is 256 g/mol. The number of carbonyl (C=O) groups excluding carboxylic acids is 1. The predicted octanol–water partition coefficient (Wildman–Crippen LogP) is 1.42. The Kier molecular flexibility index (Phi) is 4.54. The highest BCUT2D eigenvalue weighted by atomic mass is 16.6. The topological polar surface area (TPSA) is 113 Å². The van der Waals surface area contributed by atoms with Crippen LogP contribution in [0.5, 0.6) is 0 Å². The van der Waals surface area contributed by atoms with Crippen LogP contribution in [0.25, 0.3) is 0 Å². The van der Waals surface area contributed by atoms with Gasteiger partial charge in [-0.3, -0.25) is 20.2 Å². The average Bonchev–Trinajstić information content (AvgIpc) is 2.36. The van der Waals surface area contributed by atoms with Crippen LogP contribution in [0.15, 0.2) is 18.2 Å². The maximum atomic E-state index is 11.0. The second-order valence-corrected chi connectivity index (χ2v) is 3.19. The van der Waals surface area contributed by atoms with Crippen molar-refractivity contribution in [2.45, 2.75) is 6.92 Å². The minimum Gasteiger partial charge on any atom is -0.456 e. The van der Waals surface area contributed by atoms with Gasteiger partial charge in [-0.05, 0) is 13.0 Å². The van der Waals surface area contributed by atoms with E-state index in [9.17, 15) is 25.0 Å². The van der Waals surface area contributed by atoms with E-state index in [1.807, 2.05) is 0 Å². The van der Waals surface area contributed by atoms with Crippen molar-refractivity contribution in [3.63, 3.8) is 0 Å². The van der Waals surface area contributed by atoms with Gasteiger partial charge in [0.25, 0.3) is 0 Å². The van der Waals surface area contributed by atoms with Crippen molar-refractivity contribution in [3.8, 4) is 11.8 Å². The van der Waals surface area contributed by atoms with E-state index < -0.39 is 27.2 Å². The molecule has 8 heteroatoms. The van der Waals surface area contributed by atoms with E-state index in [0.717, 1.165) is 12.1 Å². The number of esters is 1. The van der Waals surface area contributed by atoms with E-state index in [2.05, 4.69) is 16.6 Å². The van der Waals surface area contributed by atoms with Crippen molar-refractivity contribution in [1.29, 1.82) is 0 Å². The van der Waals surface area contributed by atoms with E-state index in [-0.39, 0.29) is 12.2 Å². The third kappa shape index (κ3) is 3.78. The Labute approximate surface area is 107 Å². The molecule has 1 aromatic carbocycles. The van der Waals surface area contributed by atoms with Crippen LogP contribution in [-0.2, 0) is 9.53 Å². The van der Waals surface area contributed by atoms with Gasteiger partial charge in [-0.2, -0.15) is 0 Å². The van der Waals surface area contributed by atoms with Gasteiger partial charge in [-0.25, -0.2) is 4.79 Å². The maximum absolute atomic E-state index is 11.0. The standard InChI is InChI=1S/C11H8N2O6/c1-2-19-11(14)6-4-8-3-5-9(12(15)16)10(7-8)13(17)18/h3,5,7H,2H2,1H3. The number of hydrogen-bond acceptors (Lipinski definition) is 6. The van der Waals surface area contributed by atoms with Crippen LogP contribution in [0.1, 0.15) is 12.5 Å². The molecule has 19 heavy (non-hydrogen) atoms. The summed E-state index contributed by atoms with van der Waals surface area (Å²) < 4.78 is 4.55. The van der Waals surface area contributed by atoms with E-state index in [4.69, 9.17) is 0 Å². The molecule has 98 valence electrons. The summed E-state index contributed by atoms with van der Waals surface area (Å²) in [6, 6.07) is 3.12. The summed E-state index contributed by atoms with van der Waals surface area (Å²) in [7, 11) is 0. The molecule has 8 nitrogen and oxygen atoms in total. The lowest BCUT2D eigenvalue weighted by Gasteiger charge is -1.95. The van der Waals surface area contributed by atoms with Gasteiger partial charge >= 0.3 is 17.3 Å². The first-order chi connectivity index (χ1) is 8.95. The first kappa shape index (κ1) is 14.1. The largest absolute Gasteiger partial charge is 0.456 e. The highest BCUT2D eigenvalue weighted by Gasteiger charge is 2.23. The van der Waals surface area contributed by atoms with Crippen LogP contribution in [0.3, 0.4) is 0 Å². The van der Waals surface area contributed by atoms with Gasteiger partial charge in [-0.1, -0.05) is 5.92 Å². The molecular formula is C11H8N2O6. The van der Waals surface area contributed by atoms with Gasteiger partial charge in [0, 0.05) is 23.6 Å². The zero-order valence-electron chi connectivity index (χ0n) is 9.78. The van der Waals surface area contributed by atoms with Crippen LogP contribution in [0.2, 0.25) is 0 Å². The summed E-state index contributed by atoms with van der Waals surface area (Å²) in [6.45, 7) is 1.77. The van der Waals surface area contributed by atoms with Crippen molar-refractivity contribution in [2.75, 3.05) is 6.61 Å². The fourth-order valence-corrected chi connectivity index (χ4v) is 1.19. The lowest BCUT2D eigenvalue weighted by atomic mass is 10.2. The monoisotopic (exact) mass is 264 g/mol. The first-order valence-electron chi connectivity index (χ1n) is 5.07. The Morgan fingerprint density at radius 1 is 1.26 bits per heavy atom. The highest BCUT2D eigenvalue weighted by Crippen LogP contribution is 2.26. The zero-order chi connectivity index (χ0) is 14.4. The third-order valence-corrected chi connectivity index (χ3v) is 1.95. The lowest BCUT2D eigenvalue weighted by molar-refractivity contribution is -0.422. The molecule has 0 aliphatic carbocycles. The summed E-state index contributed by atoms with van der Waals surface area (Å²) in [6.07, 6.45) is 0. The number of benzene rings is 1. The number of nitro benzene ring substituents is 2. The maximum Gasteiger partial charge on any atom is 0.384 e. The Hall–Kier alpha value is -2.95. The Morgan fingerprint density at radius 3 is 2.42 bits per heavy atom. The number of carbonyl (C=O) groups is 1. The molecule has 0 aliphatic heterocycles. The molecule has 0 saturated carbocycles. The number of nitro groups is 2. The smallest absolute Gasteiger partial charge is 0.384 e. The summed E-state index contributed by atoms with van der Waals surface area (Å²) in [5.41, 5.74) is -1.20. The van der Waals surface area contributed by atoms with Crippen molar-refractivity contribution in [1.82, 2.24) is 0 Å². The normalized spacial score (nSPS) is 9.11. The third-order valence-electron chi connectivity index (χ3n) is 1.95. The highest BCUT2D eigenvalue weighted by molar-refractivity contribution is 5.89. The fraction of sp³-hybridized carbons (Fsp3) is 0.182. The molecule has 0 radical (unpaired) electrons. The summed E-state index contributed by atoms with van der Waals surface area (Å²) >= 11 is 0. The van der Waals surface area contributed by atoms with E-state index in [0.29, 0.717) is 0 Å². The molecule has 0 heterocycles. The van der Waals surface area contributed by atoms with Crippen LogP contribution in [0, 0.1) is 32.1 Å². The summed E-state index contributed by atoms with van der Waals surface area (Å²) in [5, 5.41) is 21.3. The molecule has 0 aliphatic rings. The Morgan fingerprint density at radius 2 is 1.89 bits per heavy atom. The molecule has 0 N–H and O–H groups in total. The SMILES string of the molecule is CCOC(=O)C#Cc1ccc([N+](=O)[O-])c([N+](=O)[O-])c1. The molecule has 0 aromatic heterocycles. The number of hydrogen-bond donors (Lipinski definition) is 0. The van der Waals surface area contributed by atoms with Crippen molar-refractivity contribution < 1.29 is 19.4 Å². The molecule has 0 amide bonds. The quantitative estimate of drug-likeness (QED) is 0.353. The molecule has 0 unspecified atom stereocenters. The average molecular weight is 264 g/mol. The van der Waals surface area contributed by atoms with Gasteiger partial charge in [-0.15, -0.1) is 0 Å². The van der Waals surface area contributed by atoms with Crippen LogP contribution in [0.4, 0.5) is 11.4 Å². The Balaban J connectivity index is 3.12. The molecule has 1 rings (SSSR count). The number of rotatable bonds is 3. The van der Waals surface area contributed by atoms with Crippen LogP contribution < -0.4 is 0 Å². The molecule has 0 atom stereocenters. The molecule has 1 aromatic rings. The summed E-state index contributed by atoms with van der Waals surface area (Å²) in [4.78, 5) is 30.5. The Bertz CT molecular complexity index is 599. The van der Waals surface area contributed by atoms with Gasteiger partial charge < -0.3 is 4.74 Å². The zero-order valence-corrected chi connectivity index (χ0v) is 9.78. The van der Waals surface area contributed by atoms with Gasteiger partial charge in [0.1, 0.15) is 0 Å². The molecule has 0 spiro atoms. The molecule has 0 saturated heterocycles. The van der Waals surface area contributed by atoms with Crippen molar-refractivity contribution >= 4 is 17.3 Å². The molecule has 0 fully saturated rings. The van der Waals surface area contributed by atoms with Crippen molar-refractivity contribution in [3.05, 3.63) is 44.0 Å². The minimum absolute atomic E-state index is 0.116. The van der Waals surface area contributed by atoms with E-state index in [1.165, 1.54) is 6.07 Å². The lowest BCUT2D eigenvalue weighted by Crippen LogP contribution is -2.00. The van der Waals surface area contributed by atoms with E-state index in [1.54, 1.807) is 6.92 Å². The van der Waals surface area contributed by atoms with Gasteiger partial charge in [0.2, 0.25) is 0 Å². The number of nitrogens with zero attached hydrogens (tertiary/aromatic N) is 2. The fourth-order valence-electron chi connectivity index (χ4n) is 1.19. The van der Waals surface area contributed by atoms with Crippen molar-refractivity contribution in [2.24, 2.45) is 0 Å². The first-order valence-corrected chi connectivity index (χ1v) is 5.07. The second-order valence-electron chi connectivity index (χ2n) is 3.19. The minimum atomic E-state index is -0.881. The van der Waals surface area contributed by atoms with Crippen LogP contribution >= 0.6 is 0 Å². The van der Waals surface area contributed by atoms with Crippen LogP contribution in [-0.4, -0.2) is 22.4 Å². The predicted molar refractivity (Wildman–Crippen MR) is 63.3 cm³/mol. The molecule has 0 bridgehead atoms. The van der Waals surface area contributed by atoms with Gasteiger partial charge in [0.05, 0.1) is 16.5 Å². The van der Waals surface area contributed by atoms with E-state index >= 15 is 0 Å². The second kappa shape index (κ2) is 6.11.